The molecular formula is C18H23N5O2. The summed E-state index contributed by atoms with van der Waals surface area (Å²) < 4.78 is 5.42. The van der Waals surface area contributed by atoms with Crippen molar-refractivity contribution in [2.24, 2.45) is 0 Å². The quantitative estimate of drug-likeness (QED) is 0.838. The highest BCUT2D eigenvalue weighted by molar-refractivity contribution is 5.92. The van der Waals surface area contributed by atoms with Crippen LogP contribution >= 0.6 is 0 Å². The predicted molar refractivity (Wildman–Crippen MR) is 97.4 cm³/mol. The van der Waals surface area contributed by atoms with Crippen molar-refractivity contribution < 1.29 is 9.53 Å². The van der Waals surface area contributed by atoms with Crippen LogP contribution < -0.4 is 15.5 Å². The number of benzene rings is 1. The number of ether oxygens (including phenoxy) is 1. The molecule has 7 heteroatoms. The van der Waals surface area contributed by atoms with Crippen molar-refractivity contribution in [2.45, 2.75) is 13.3 Å². The van der Waals surface area contributed by atoms with E-state index in [9.17, 15) is 4.79 Å². The van der Waals surface area contributed by atoms with Gasteiger partial charge in [0.25, 0.3) is 5.91 Å². The Morgan fingerprint density at radius 2 is 2.04 bits per heavy atom. The van der Waals surface area contributed by atoms with E-state index in [4.69, 9.17) is 4.74 Å². The highest BCUT2D eigenvalue weighted by Crippen LogP contribution is 2.28. The van der Waals surface area contributed by atoms with Crippen molar-refractivity contribution in [1.82, 2.24) is 15.3 Å². The average Bonchev–Trinajstić information content (AvgIpc) is 2.67. The highest BCUT2D eigenvalue weighted by atomic mass is 16.5. The first-order valence-corrected chi connectivity index (χ1v) is 8.58. The van der Waals surface area contributed by atoms with Crippen molar-refractivity contribution in [1.29, 1.82) is 0 Å². The third-order valence-corrected chi connectivity index (χ3v) is 3.93. The number of hydrogen-bond donors (Lipinski definition) is 2. The Balaban J connectivity index is 1.77. The highest BCUT2D eigenvalue weighted by Gasteiger charge is 2.15. The van der Waals surface area contributed by atoms with Gasteiger partial charge in [-0.15, -0.1) is 0 Å². The molecule has 2 aromatic rings. The van der Waals surface area contributed by atoms with E-state index in [0.717, 1.165) is 44.1 Å². The number of carbonyl (C=O) groups excluding carboxylic acids is 1. The van der Waals surface area contributed by atoms with Gasteiger partial charge in [0, 0.05) is 25.8 Å². The van der Waals surface area contributed by atoms with Crippen LogP contribution in [0.4, 0.5) is 17.3 Å². The van der Waals surface area contributed by atoms with E-state index in [0.29, 0.717) is 18.2 Å². The lowest BCUT2D eigenvalue weighted by Gasteiger charge is -2.30. The maximum absolute atomic E-state index is 12.1. The second-order valence-corrected chi connectivity index (χ2v) is 5.76. The molecule has 0 spiro atoms. The Bertz CT molecular complexity index is 716. The summed E-state index contributed by atoms with van der Waals surface area (Å²) in [6.45, 7) is 5.77. The van der Waals surface area contributed by atoms with Gasteiger partial charge in [-0.3, -0.25) is 4.79 Å². The van der Waals surface area contributed by atoms with Crippen LogP contribution in [0.25, 0.3) is 0 Å². The van der Waals surface area contributed by atoms with Crippen molar-refractivity contribution in [3.63, 3.8) is 0 Å². The molecule has 7 nitrogen and oxygen atoms in total. The summed E-state index contributed by atoms with van der Waals surface area (Å²) in [6.07, 6.45) is 2.47. The van der Waals surface area contributed by atoms with E-state index < -0.39 is 0 Å². The zero-order chi connectivity index (χ0) is 17.5. The molecule has 0 aliphatic carbocycles. The second kappa shape index (κ2) is 8.43. The number of carbonyl (C=O) groups is 1. The molecule has 1 aromatic carbocycles. The molecule has 1 saturated heterocycles. The third kappa shape index (κ3) is 4.45. The van der Waals surface area contributed by atoms with Gasteiger partial charge < -0.3 is 20.3 Å². The Morgan fingerprint density at radius 3 is 2.84 bits per heavy atom. The number of nitrogens with zero attached hydrogens (tertiary/aromatic N) is 3. The van der Waals surface area contributed by atoms with Crippen LogP contribution in [0.3, 0.4) is 0 Å². The summed E-state index contributed by atoms with van der Waals surface area (Å²) in [5.74, 6) is 0.221. The number of rotatable bonds is 6. The zero-order valence-electron chi connectivity index (χ0n) is 14.4. The largest absolute Gasteiger partial charge is 0.378 e. The minimum atomic E-state index is -0.186. The number of hydrogen-bond acceptors (Lipinski definition) is 6. The van der Waals surface area contributed by atoms with E-state index in [1.54, 1.807) is 12.3 Å². The summed E-state index contributed by atoms with van der Waals surface area (Å²) >= 11 is 0. The molecule has 0 bridgehead atoms. The number of anilines is 3. The molecule has 3 rings (SSSR count). The lowest BCUT2D eigenvalue weighted by molar-refractivity contribution is 0.0948. The first-order valence-electron chi connectivity index (χ1n) is 8.58. The fraction of sp³-hybridized carbons (Fsp3) is 0.389. The summed E-state index contributed by atoms with van der Waals surface area (Å²) in [4.78, 5) is 22.9. The summed E-state index contributed by atoms with van der Waals surface area (Å²) in [5.41, 5.74) is 2.35. The van der Waals surface area contributed by atoms with Gasteiger partial charge in [0.15, 0.2) is 0 Å². The van der Waals surface area contributed by atoms with Crippen molar-refractivity contribution in [2.75, 3.05) is 43.1 Å². The zero-order valence-corrected chi connectivity index (χ0v) is 14.4. The van der Waals surface area contributed by atoms with Crippen LogP contribution in [0.15, 0.2) is 36.5 Å². The molecule has 25 heavy (non-hydrogen) atoms. The predicted octanol–water partition coefficient (Wildman–Crippen LogP) is 2.20. The summed E-state index contributed by atoms with van der Waals surface area (Å²) in [6, 6.07) is 9.63. The lowest BCUT2D eigenvalue weighted by atomic mass is 10.2. The van der Waals surface area contributed by atoms with Gasteiger partial charge >= 0.3 is 0 Å². The number of morpholine rings is 1. The molecule has 0 unspecified atom stereocenters. The van der Waals surface area contributed by atoms with Gasteiger partial charge in [-0.1, -0.05) is 19.1 Å². The number of amides is 1. The summed E-state index contributed by atoms with van der Waals surface area (Å²) in [5, 5.41) is 6.06. The Hall–Kier alpha value is -2.67. The molecule has 2 heterocycles. The van der Waals surface area contributed by atoms with E-state index in [2.05, 4.69) is 31.6 Å². The van der Waals surface area contributed by atoms with Gasteiger partial charge in [-0.05, 0) is 24.6 Å². The average molecular weight is 341 g/mol. The number of nitrogens with one attached hydrogen (secondary N) is 2. The Kier molecular flexibility index (Phi) is 5.79. The molecule has 0 radical (unpaired) electrons. The number of para-hydroxylation sites is 2. The SMILES string of the molecule is CCCNC(=O)c1ccnc(Nc2ccccc2N2CCOCC2)n1. The molecule has 0 saturated carbocycles. The van der Waals surface area contributed by atoms with Crippen molar-refractivity contribution in [3.05, 3.63) is 42.2 Å². The van der Waals surface area contributed by atoms with Crippen LogP contribution in [0.2, 0.25) is 0 Å². The second-order valence-electron chi connectivity index (χ2n) is 5.76. The Labute approximate surface area is 147 Å². The smallest absolute Gasteiger partial charge is 0.270 e. The van der Waals surface area contributed by atoms with Crippen molar-refractivity contribution >= 4 is 23.2 Å². The van der Waals surface area contributed by atoms with Gasteiger partial charge in [-0.25, -0.2) is 9.97 Å². The minimum Gasteiger partial charge on any atom is -0.378 e. The monoisotopic (exact) mass is 341 g/mol. The molecule has 1 aliphatic heterocycles. The van der Waals surface area contributed by atoms with E-state index in [1.807, 2.05) is 25.1 Å². The topological polar surface area (TPSA) is 79.4 Å². The molecule has 1 aromatic heterocycles. The van der Waals surface area contributed by atoms with Crippen LogP contribution in [0, 0.1) is 0 Å². The maximum Gasteiger partial charge on any atom is 0.270 e. The summed E-state index contributed by atoms with van der Waals surface area (Å²) in [7, 11) is 0. The van der Waals surface area contributed by atoms with E-state index in [-0.39, 0.29) is 5.91 Å². The van der Waals surface area contributed by atoms with Crippen LogP contribution in [-0.4, -0.2) is 48.7 Å². The van der Waals surface area contributed by atoms with E-state index >= 15 is 0 Å². The fourth-order valence-corrected chi connectivity index (χ4v) is 2.65. The fourth-order valence-electron chi connectivity index (χ4n) is 2.65. The van der Waals surface area contributed by atoms with Crippen LogP contribution in [0.1, 0.15) is 23.8 Å². The first-order chi connectivity index (χ1) is 12.3. The number of aromatic nitrogens is 2. The normalized spacial score (nSPS) is 14.2. The van der Waals surface area contributed by atoms with E-state index in [1.165, 1.54) is 0 Å². The van der Waals surface area contributed by atoms with Gasteiger partial charge in [0.1, 0.15) is 5.69 Å². The minimum absolute atomic E-state index is 0.186. The molecule has 1 amide bonds. The lowest BCUT2D eigenvalue weighted by Crippen LogP contribution is -2.36. The third-order valence-electron chi connectivity index (χ3n) is 3.93. The Morgan fingerprint density at radius 1 is 1.24 bits per heavy atom. The van der Waals surface area contributed by atoms with Gasteiger partial charge in [-0.2, -0.15) is 0 Å². The van der Waals surface area contributed by atoms with Gasteiger partial charge in [0.05, 0.1) is 24.6 Å². The first kappa shape index (κ1) is 17.2. The molecule has 132 valence electrons. The maximum atomic E-state index is 12.1. The molecular weight excluding hydrogens is 318 g/mol. The standard InChI is InChI=1S/C18H23N5O2/c1-2-8-19-17(24)15-7-9-20-18(22-15)21-14-5-3-4-6-16(14)23-10-12-25-13-11-23/h3-7,9H,2,8,10-13H2,1H3,(H,19,24)(H,20,21,22). The van der Waals surface area contributed by atoms with Crippen molar-refractivity contribution in [3.8, 4) is 0 Å². The van der Waals surface area contributed by atoms with Crippen LogP contribution in [0.5, 0.6) is 0 Å². The van der Waals surface area contributed by atoms with Crippen LogP contribution in [-0.2, 0) is 4.74 Å². The molecule has 0 atom stereocenters. The van der Waals surface area contributed by atoms with Gasteiger partial charge in [0.2, 0.25) is 5.95 Å². The molecule has 1 aliphatic rings. The molecule has 2 N–H and O–H groups in total. The molecule has 1 fully saturated rings.